The molecule has 11 heteroatoms. The van der Waals surface area contributed by atoms with Crippen LogP contribution < -0.4 is 4.74 Å². The van der Waals surface area contributed by atoms with E-state index in [4.69, 9.17) is 24.1 Å². The largest absolute Gasteiger partial charge is 0.480 e. The Morgan fingerprint density at radius 2 is 1.55 bits per heavy atom. The second kappa shape index (κ2) is 13.4. The lowest BCUT2D eigenvalue weighted by atomic mass is 9.98. The second-order valence-corrected chi connectivity index (χ2v) is 9.83. The minimum absolute atomic E-state index is 0.0640. The molecule has 5 aromatic rings. The molecule has 0 aliphatic heterocycles. The number of nitrogens with zero attached hydrogens (tertiary/aromatic N) is 1. The number of carbonyl (C=O) groups excluding carboxylic acids is 1. The number of rotatable bonds is 12. The SMILES string of the molecule is COC(=O)c1cc(Oc2nc3c(F)c(-c4ccc(-c5ccc(COCCOCC(=O)O)cc5)cc4)c(F)cc3[nH]2)ccc1C. The molecule has 0 atom stereocenters. The van der Waals surface area contributed by atoms with E-state index in [2.05, 4.69) is 9.97 Å². The van der Waals surface area contributed by atoms with Crippen LogP contribution in [0.3, 0.4) is 0 Å². The summed E-state index contributed by atoms with van der Waals surface area (Å²) in [6.45, 7) is 2.19. The van der Waals surface area contributed by atoms with Crippen LogP contribution in [-0.4, -0.2) is 53.9 Å². The summed E-state index contributed by atoms with van der Waals surface area (Å²) in [5, 5.41) is 8.56. The maximum atomic E-state index is 15.6. The van der Waals surface area contributed by atoms with Crippen LogP contribution in [0.1, 0.15) is 21.5 Å². The number of imidazole rings is 1. The number of esters is 1. The number of aromatic amines is 1. The van der Waals surface area contributed by atoms with Gasteiger partial charge in [-0.3, -0.25) is 0 Å². The summed E-state index contributed by atoms with van der Waals surface area (Å²) in [6, 6.07) is 20.4. The lowest BCUT2D eigenvalue weighted by Gasteiger charge is -2.09. The number of fused-ring (bicyclic) bond motifs is 1. The van der Waals surface area contributed by atoms with Gasteiger partial charge in [0.05, 0.1) is 43.6 Å². The third-order valence-electron chi connectivity index (χ3n) is 6.80. The molecule has 0 spiro atoms. The van der Waals surface area contributed by atoms with E-state index >= 15 is 8.78 Å². The fourth-order valence-electron chi connectivity index (χ4n) is 4.57. The average Bonchev–Trinajstić information content (AvgIpc) is 3.42. The number of aliphatic carboxylic acids is 1. The number of carbonyl (C=O) groups is 2. The topological polar surface area (TPSA) is 120 Å². The molecule has 1 heterocycles. The predicted octanol–water partition coefficient (Wildman–Crippen LogP) is 6.68. The van der Waals surface area contributed by atoms with E-state index < -0.39 is 23.6 Å². The summed E-state index contributed by atoms with van der Waals surface area (Å²) in [4.78, 5) is 29.4. The van der Waals surface area contributed by atoms with E-state index in [-0.39, 0.29) is 48.2 Å². The maximum absolute atomic E-state index is 15.6. The molecule has 0 bridgehead atoms. The smallest absolute Gasteiger partial charge is 0.338 e. The van der Waals surface area contributed by atoms with Crippen molar-refractivity contribution in [3.8, 4) is 34.0 Å². The van der Waals surface area contributed by atoms with Gasteiger partial charge in [-0.25, -0.2) is 18.4 Å². The van der Waals surface area contributed by atoms with E-state index in [0.29, 0.717) is 23.3 Å². The van der Waals surface area contributed by atoms with E-state index in [1.165, 1.54) is 13.2 Å². The molecule has 0 radical (unpaired) electrons. The number of methoxy groups -OCH3 is 1. The van der Waals surface area contributed by atoms with E-state index in [1.807, 2.05) is 24.3 Å². The molecule has 4 aromatic carbocycles. The van der Waals surface area contributed by atoms with Crippen LogP contribution in [-0.2, 0) is 25.6 Å². The number of carboxylic acid groups (broad SMARTS) is 1. The van der Waals surface area contributed by atoms with Crippen LogP contribution in [0.5, 0.6) is 11.8 Å². The Morgan fingerprint density at radius 3 is 2.23 bits per heavy atom. The van der Waals surface area contributed by atoms with E-state index in [1.54, 1.807) is 43.3 Å². The zero-order chi connectivity index (χ0) is 31.2. The van der Waals surface area contributed by atoms with Crippen molar-refractivity contribution in [1.82, 2.24) is 9.97 Å². The first kappa shape index (κ1) is 30.3. The zero-order valence-electron chi connectivity index (χ0n) is 23.9. The molecule has 0 aliphatic rings. The monoisotopic (exact) mass is 602 g/mol. The normalized spacial score (nSPS) is 11.1. The first-order valence-corrected chi connectivity index (χ1v) is 13.5. The number of hydrogen-bond acceptors (Lipinski definition) is 7. The summed E-state index contributed by atoms with van der Waals surface area (Å²) in [5.41, 5.74) is 3.84. The number of nitrogens with one attached hydrogen (secondary N) is 1. The van der Waals surface area contributed by atoms with Gasteiger partial charge in [0.25, 0.3) is 6.01 Å². The summed E-state index contributed by atoms with van der Waals surface area (Å²) < 4.78 is 51.7. The van der Waals surface area contributed by atoms with Gasteiger partial charge in [-0.2, -0.15) is 4.98 Å². The van der Waals surface area contributed by atoms with Crippen LogP contribution in [0.4, 0.5) is 8.78 Å². The third-order valence-corrected chi connectivity index (χ3v) is 6.80. The lowest BCUT2D eigenvalue weighted by Crippen LogP contribution is -2.11. The molecule has 0 aliphatic carbocycles. The molecule has 226 valence electrons. The highest BCUT2D eigenvalue weighted by Crippen LogP contribution is 2.34. The van der Waals surface area contributed by atoms with E-state index in [0.717, 1.165) is 22.8 Å². The van der Waals surface area contributed by atoms with Gasteiger partial charge in [-0.15, -0.1) is 0 Å². The van der Waals surface area contributed by atoms with Crippen molar-refractivity contribution in [2.45, 2.75) is 13.5 Å². The molecule has 44 heavy (non-hydrogen) atoms. The minimum Gasteiger partial charge on any atom is -0.480 e. The summed E-state index contributed by atoms with van der Waals surface area (Å²) >= 11 is 0. The van der Waals surface area contributed by atoms with Crippen molar-refractivity contribution < 1.29 is 42.4 Å². The highest BCUT2D eigenvalue weighted by molar-refractivity contribution is 5.91. The van der Waals surface area contributed by atoms with Crippen molar-refractivity contribution in [3.05, 3.63) is 101 Å². The number of ether oxygens (including phenoxy) is 4. The standard InChI is InChI=1S/C33H28F2N2O7/c1-19-3-12-24(15-25(19)32(40)41-2)44-33-36-27-16-26(34)29(30(35)31(27)37-33)23-10-8-22(9-11-23)21-6-4-20(5-7-21)17-42-13-14-43-18-28(38)39/h3-12,15-16H,13-14,17-18H2,1-2H3,(H,36,37)(H,38,39). The number of hydrogen-bond donors (Lipinski definition) is 2. The number of carboxylic acids is 1. The first-order chi connectivity index (χ1) is 21.2. The number of halogens is 2. The van der Waals surface area contributed by atoms with Crippen LogP contribution in [0, 0.1) is 18.6 Å². The van der Waals surface area contributed by atoms with Gasteiger partial charge in [0.15, 0.2) is 5.82 Å². The highest BCUT2D eigenvalue weighted by atomic mass is 19.1. The fraction of sp³-hybridized carbons (Fsp3) is 0.182. The van der Waals surface area contributed by atoms with Crippen LogP contribution in [0.2, 0.25) is 0 Å². The average molecular weight is 603 g/mol. The Labute approximate surface area is 251 Å². The molecule has 0 unspecified atom stereocenters. The summed E-state index contributed by atoms with van der Waals surface area (Å²) in [7, 11) is 1.28. The molecule has 1 aromatic heterocycles. The van der Waals surface area contributed by atoms with Crippen molar-refractivity contribution >= 4 is 23.0 Å². The van der Waals surface area contributed by atoms with Gasteiger partial charge >= 0.3 is 11.9 Å². The van der Waals surface area contributed by atoms with Crippen LogP contribution in [0.25, 0.3) is 33.3 Å². The minimum atomic E-state index is -1.03. The number of aromatic nitrogens is 2. The number of H-pyrrole nitrogens is 1. The molecule has 2 N–H and O–H groups in total. The Hall–Kier alpha value is -5.13. The molecule has 0 saturated carbocycles. The van der Waals surface area contributed by atoms with Gasteiger partial charge in [0.1, 0.15) is 23.7 Å². The van der Waals surface area contributed by atoms with Crippen molar-refractivity contribution in [1.29, 1.82) is 0 Å². The number of benzene rings is 4. The first-order valence-electron chi connectivity index (χ1n) is 13.5. The van der Waals surface area contributed by atoms with Crippen molar-refractivity contribution in [2.24, 2.45) is 0 Å². The van der Waals surface area contributed by atoms with Crippen molar-refractivity contribution in [2.75, 3.05) is 26.9 Å². The molecule has 5 rings (SSSR count). The van der Waals surface area contributed by atoms with Gasteiger partial charge in [0.2, 0.25) is 0 Å². The Morgan fingerprint density at radius 1 is 0.886 bits per heavy atom. The summed E-state index contributed by atoms with van der Waals surface area (Å²) in [5.74, 6) is -2.88. The van der Waals surface area contributed by atoms with Crippen LogP contribution in [0.15, 0.2) is 72.8 Å². The summed E-state index contributed by atoms with van der Waals surface area (Å²) in [6.07, 6.45) is 0. The Balaban J connectivity index is 1.29. The highest BCUT2D eigenvalue weighted by Gasteiger charge is 2.20. The molecule has 9 nitrogen and oxygen atoms in total. The van der Waals surface area contributed by atoms with Gasteiger partial charge < -0.3 is 29.0 Å². The van der Waals surface area contributed by atoms with Gasteiger partial charge in [0, 0.05) is 6.07 Å². The Kier molecular flexibility index (Phi) is 9.27. The third kappa shape index (κ3) is 6.91. The van der Waals surface area contributed by atoms with E-state index in [9.17, 15) is 9.59 Å². The Bertz CT molecular complexity index is 1800. The number of aryl methyl sites for hydroxylation is 1. The predicted molar refractivity (Wildman–Crippen MR) is 158 cm³/mol. The molecular weight excluding hydrogens is 574 g/mol. The molecule has 0 saturated heterocycles. The van der Waals surface area contributed by atoms with Gasteiger partial charge in [-0.1, -0.05) is 54.6 Å². The molecule has 0 fully saturated rings. The molecular formula is C33H28F2N2O7. The second-order valence-electron chi connectivity index (χ2n) is 9.83. The van der Waals surface area contributed by atoms with Crippen molar-refractivity contribution in [3.63, 3.8) is 0 Å². The quantitative estimate of drug-likeness (QED) is 0.120. The van der Waals surface area contributed by atoms with Crippen LogP contribution >= 0.6 is 0 Å². The lowest BCUT2D eigenvalue weighted by molar-refractivity contribution is -0.142. The maximum Gasteiger partial charge on any atom is 0.338 e. The zero-order valence-corrected chi connectivity index (χ0v) is 23.9. The van der Waals surface area contributed by atoms with Gasteiger partial charge in [-0.05, 0) is 46.9 Å². The fourth-order valence-corrected chi connectivity index (χ4v) is 4.57. The molecule has 0 amide bonds.